The molecule has 0 fully saturated rings. The molecular weight excluding hydrogens is 344 g/mol. The molecule has 1 aromatic carbocycles. The van der Waals surface area contributed by atoms with E-state index in [1.807, 2.05) is 24.3 Å². The van der Waals surface area contributed by atoms with E-state index < -0.39 is 0 Å². The second-order valence-corrected chi connectivity index (χ2v) is 5.21. The Bertz CT molecular complexity index is 729. The monoisotopic (exact) mass is 350 g/mol. The van der Waals surface area contributed by atoms with Crippen LogP contribution in [0.1, 0.15) is 0 Å². The van der Waals surface area contributed by atoms with E-state index in [4.69, 9.17) is 16.3 Å². The fourth-order valence-electron chi connectivity index (χ4n) is 1.62. The maximum Gasteiger partial charge on any atom is 0.322 e. The highest BCUT2D eigenvalue weighted by molar-refractivity contribution is 9.10. The number of hydrogen-bond acceptors (Lipinski definition) is 4. The van der Waals surface area contributed by atoms with Gasteiger partial charge in [0.1, 0.15) is 5.69 Å². The molecule has 0 bridgehead atoms. The minimum Gasteiger partial charge on any atom is -0.422 e. The molecule has 2 aromatic heterocycles. The summed E-state index contributed by atoms with van der Waals surface area (Å²) >= 11 is 9.16. The van der Waals surface area contributed by atoms with Gasteiger partial charge in [0.05, 0.1) is 15.7 Å². The Morgan fingerprint density at radius 1 is 1.10 bits per heavy atom. The molecule has 0 aliphatic rings. The van der Waals surface area contributed by atoms with Crippen molar-refractivity contribution in [1.82, 2.24) is 19.7 Å². The van der Waals surface area contributed by atoms with Crippen molar-refractivity contribution in [3.8, 4) is 17.4 Å². The smallest absolute Gasteiger partial charge is 0.322 e. The predicted octanol–water partition coefficient (Wildman–Crippen LogP) is 3.87. The summed E-state index contributed by atoms with van der Waals surface area (Å²) in [6.07, 6.45) is 6.51. The highest BCUT2D eigenvalue weighted by atomic mass is 79.9. The molecule has 0 radical (unpaired) electrons. The zero-order valence-electron chi connectivity index (χ0n) is 10.1. The molecular formula is C13H8BrClN4O. The molecule has 3 rings (SSSR count). The average Bonchev–Trinajstić information content (AvgIpc) is 2.88. The zero-order valence-corrected chi connectivity index (χ0v) is 12.4. The van der Waals surface area contributed by atoms with Crippen LogP contribution in [0.5, 0.6) is 11.8 Å². The molecule has 5 nitrogen and oxygen atoms in total. The molecule has 0 spiro atoms. The molecule has 0 aliphatic carbocycles. The van der Waals surface area contributed by atoms with Gasteiger partial charge in [0.25, 0.3) is 0 Å². The Morgan fingerprint density at radius 3 is 2.55 bits per heavy atom. The summed E-state index contributed by atoms with van der Waals surface area (Å²) in [6.45, 7) is 0. The van der Waals surface area contributed by atoms with Crippen LogP contribution < -0.4 is 4.74 Å². The number of halogens is 2. The summed E-state index contributed by atoms with van der Waals surface area (Å²) in [7, 11) is 0. The number of rotatable bonds is 3. The maximum atomic E-state index is 5.89. The van der Waals surface area contributed by atoms with Crippen LogP contribution in [-0.4, -0.2) is 19.7 Å². The number of aromatic nitrogens is 4. The first-order valence-electron chi connectivity index (χ1n) is 5.67. The van der Waals surface area contributed by atoms with Crippen LogP contribution in [-0.2, 0) is 0 Å². The summed E-state index contributed by atoms with van der Waals surface area (Å²) in [6, 6.07) is 7.70. The maximum absolute atomic E-state index is 5.89. The van der Waals surface area contributed by atoms with Crippen LogP contribution >= 0.6 is 27.5 Å². The molecule has 0 unspecified atom stereocenters. The second-order valence-electron chi connectivity index (χ2n) is 3.86. The molecule has 0 saturated heterocycles. The Hall–Kier alpha value is -1.92. The lowest BCUT2D eigenvalue weighted by Crippen LogP contribution is -1.99. The molecule has 0 amide bonds. The van der Waals surface area contributed by atoms with Gasteiger partial charge in [-0.2, -0.15) is 5.10 Å². The topological polar surface area (TPSA) is 52.8 Å². The Labute approximate surface area is 128 Å². The summed E-state index contributed by atoms with van der Waals surface area (Å²) in [5.41, 5.74) is 0.755. The molecule has 0 atom stereocenters. The Kier molecular flexibility index (Phi) is 3.66. The third kappa shape index (κ3) is 2.81. The average molecular weight is 352 g/mol. The van der Waals surface area contributed by atoms with Gasteiger partial charge in [-0.25, -0.2) is 14.6 Å². The third-order valence-electron chi connectivity index (χ3n) is 2.46. The van der Waals surface area contributed by atoms with Crippen molar-refractivity contribution in [2.45, 2.75) is 0 Å². The Balaban J connectivity index is 1.96. The van der Waals surface area contributed by atoms with E-state index in [9.17, 15) is 0 Å². The first-order valence-corrected chi connectivity index (χ1v) is 6.84. The van der Waals surface area contributed by atoms with Gasteiger partial charge < -0.3 is 4.74 Å². The molecule has 2 heterocycles. The quantitative estimate of drug-likeness (QED) is 0.719. The Morgan fingerprint density at radius 2 is 1.85 bits per heavy atom. The van der Waals surface area contributed by atoms with E-state index in [1.165, 1.54) is 0 Å². The minimum atomic E-state index is 0.263. The van der Waals surface area contributed by atoms with Gasteiger partial charge in [0, 0.05) is 18.6 Å². The van der Waals surface area contributed by atoms with Crippen molar-refractivity contribution in [3.05, 3.63) is 58.5 Å². The molecule has 100 valence electrons. The third-order valence-corrected chi connectivity index (χ3v) is 3.07. The predicted molar refractivity (Wildman–Crippen MR) is 78.4 cm³/mol. The fourth-order valence-corrected chi connectivity index (χ4v) is 1.96. The number of hydrogen-bond donors (Lipinski definition) is 0. The van der Waals surface area contributed by atoms with Gasteiger partial charge in [-0.15, -0.1) is 0 Å². The first kappa shape index (κ1) is 13.1. The molecule has 0 N–H and O–H groups in total. The van der Waals surface area contributed by atoms with Gasteiger partial charge in [-0.1, -0.05) is 23.7 Å². The van der Waals surface area contributed by atoms with Crippen molar-refractivity contribution in [1.29, 1.82) is 0 Å². The van der Waals surface area contributed by atoms with Crippen molar-refractivity contribution in [2.24, 2.45) is 0 Å². The lowest BCUT2D eigenvalue weighted by atomic mass is 10.3. The number of ether oxygens (including phenoxy) is 1. The largest absolute Gasteiger partial charge is 0.422 e. The van der Waals surface area contributed by atoms with E-state index >= 15 is 0 Å². The second kappa shape index (κ2) is 5.60. The lowest BCUT2D eigenvalue weighted by Gasteiger charge is -2.09. The van der Waals surface area contributed by atoms with Crippen LogP contribution in [0.25, 0.3) is 5.69 Å². The highest BCUT2D eigenvalue weighted by Gasteiger charge is 2.09. The van der Waals surface area contributed by atoms with Gasteiger partial charge in [0.15, 0.2) is 5.75 Å². The number of nitrogens with zero attached hydrogens (tertiary/aromatic N) is 4. The summed E-state index contributed by atoms with van der Waals surface area (Å²) in [5.74, 6) is 0.592. The van der Waals surface area contributed by atoms with Crippen LogP contribution in [0.3, 0.4) is 0 Å². The van der Waals surface area contributed by atoms with E-state index in [2.05, 4.69) is 31.0 Å². The lowest BCUT2D eigenvalue weighted by molar-refractivity contribution is 0.438. The van der Waals surface area contributed by atoms with Crippen molar-refractivity contribution in [2.75, 3.05) is 0 Å². The van der Waals surface area contributed by atoms with Gasteiger partial charge >= 0.3 is 6.01 Å². The number of benzene rings is 1. The number of para-hydroxylation sites is 2. The van der Waals surface area contributed by atoms with Crippen molar-refractivity contribution >= 4 is 27.5 Å². The summed E-state index contributed by atoms with van der Waals surface area (Å²) < 4.78 is 8.11. The highest BCUT2D eigenvalue weighted by Crippen LogP contribution is 2.26. The van der Waals surface area contributed by atoms with E-state index in [0.717, 1.165) is 10.2 Å². The first-order chi connectivity index (χ1) is 9.72. The molecule has 7 heteroatoms. The van der Waals surface area contributed by atoms with Crippen molar-refractivity contribution < 1.29 is 4.74 Å². The van der Waals surface area contributed by atoms with Gasteiger partial charge in [-0.3, -0.25) is 0 Å². The van der Waals surface area contributed by atoms with Crippen molar-refractivity contribution in [3.63, 3.8) is 0 Å². The van der Waals surface area contributed by atoms with Gasteiger partial charge in [-0.05, 0) is 28.1 Å². The van der Waals surface area contributed by atoms with Crippen LogP contribution in [0.4, 0.5) is 0 Å². The minimum absolute atomic E-state index is 0.263. The molecule has 3 aromatic rings. The van der Waals surface area contributed by atoms with Gasteiger partial charge in [0.2, 0.25) is 0 Å². The SMILES string of the molecule is Clc1cnn(-c2ccccc2Oc2ncc(Br)cn2)c1. The molecule has 0 aliphatic heterocycles. The summed E-state index contributed by atoms with van der Waals surface area (Å²) in [5, 5.41) is 4.71. The molecule has 0 saturated carbocycles. The van der Waals surface area contributed by atoms with Crippen LogP contribution in [0.2, 0.25) is 5.02 Å². The normalized spacial score (nSPS) is 10.5. The van der Waals surface area contributed by atoms with Crippen LogP contribution in [0.15, 0.2) is 53.5 Å². The summed E-state index contributed by atoms with van der Waals surface area (Å²) in [4.78, 5) is 8.16. The zero-order chi connectivity index (χ0) is 13.9. The fraction of sp³-hybridized carbons (Fsp3) is 0. The van der Waals surface area contributed by atoms with Crippen LogP contribution in [0, 0.1) is 0 Å². The molecule has 20 heavy (non-hydrogen) atoms. The van der Waals surface area contributed by atoms with E-state index in [0.29, 0.717) is 10.8 Å². The van der Waals surface area contributed by atoms with E-state index in [-0.39, 0.29) is 6.01 Å². The standard InChI is InChI=1S/C13H8BrClN4O/c14-9-5-16-13(17-6-9)20-12-4-2-1-3-11(12)19-8-10(15)7-18-19/h1-8H. The van der Waals surface area contributed by atoms with E-state index in [1.54, 1.807) is 29.5 Å².